The molecule has 2 aromatic heterocycles. The maximum Gasteiger partial charge on any atom is 0.416 e. The van der Waals surface area contributed by atoms with Crippen LogP contribution in [-0.2, 0) is 4.74 Å². The molecule has 136 valence electrons. The van der Waals surface area contributed by atoms with Crippen LogP contribution in [0.4, 0.5) is 16.4 Å². The van der Waals surface area contributed by atoms with Gasteiger partial charge in [-0.05, 0) is 55.9 Å². The lowest BCUT2D eigenvalue weighted by molar-refractivity contribution is 0.0148. The molecule has 2 aliphatic rings. The molecule has 1 spiro atoms. The number of anilines is 2. The molecule has 0 unspecified atom stereocenters. The van der Waals surface area contributed by atoms with E-state index in [4.69, 9.17) is 16.3 Å². The first-order chi connectivity index (χ1) is 12.6. The number of nitrogens with zero attached hydrogens (tertiary/aromatic N) is 5. The van der Waals surface area contributed by atoms with E-state index in [-0.39, 0.29) is 6.09 Å². The molecule has 2 aromatic rings. The van der Waals surface area contributed by atoms with Crippen molar-refractivity contribution in [3.05, 3.63) is 35.6 Å². The summed E-state index contributed by atoms with van der Waals surface area (Å²) >= 11 is 5.74. The zero-order valence-electron chi connectivity index (χ0n) is 14.1. The number of hydrogen-bond acceptors (Lipinski definition) is 7. The summed E-state index contributed by atoms with van der Waals surface area (Å²) in [5.74, 6) is 1.76. The van der Waals surface area contributed by atoms with E-state index in [1.54, 1.807) is 29.3 Å². The SMILES string of the molecule is O=C1OC2(CCC(CNc3ccc(Cl)nn3)CC2)CN1c1cccnn1. The fraction of sp³-hybridized carbons (Fsp3) is 0.471. The molecule has 0 aromatic carbocycles. The first kappa shape index (κ1) is 17.0. The predicted molar refractivity (Wildman–Crippen MR) is 96.1 cm³/mol. The van der Waals surface area contributed by atoms with E-state index in [0.717, 1.165) is 38.0 Å². The van der Waals surface area contributed by atoms with Gasteiger partial charge < -0.3 is 10.1 Å². The molecule has 0 bridgehead atoms. The van der Waals surface area contributed by atoms with Gasteiger partial charge in [0.1, 0.15) is 11.4 Å². The third kappa shape index (κ3) is 3.55. The number of aromatic nitrogens is 4. The van der Waals surface area contributed by atoms with E-state index in [1.165, 1.54) is 0 Å². The first-order valence-electron chi connectivity index (χ1n) is 8.65. The van der Waals surface area contributed by atoms with Crippen LogP contribution in [0.1, 0.15) is 25.7 Å². The van der Waals surface area contributed by atoms with E-state index in [9.17, 15) is 4.79 Å². The van der Waals surface area contributed by atoms with Gasteiger partial charge in [-0.1, -0.05) is 11.6 Å². The topological polar surface area (TPSA) is 93.1 Å². The van der Waals surface area contributed by atoms with Crippen LogP contribution in [0.5, 0.6) is 0 Å². The van der Waals surface area contributed by atoms with Crippen LogP contribution in [0.3, 0.4) is 0 Å². The van der Waals surface area contributed by atoms with Gasteiger partial charge in [0, 0.05) is 12.7 Å². The summed E-state index contributed by atoms with van der Waals surface area (Å²) in [6, 6.07) is 7.07. The third-order valence-corrected chi connectivity index (χ3v) is 5.23. The van der Waals surface area contributed by atoms with Crippen molar-refractivity contribution in [1.29, 1.82) is 0 Å². The van der Waals surface area contributed by atoms with Crippen molar-refractivity contribution in [2.24, 2.45) is 5.92 Å². The van der Waals surface area contributed by atoms with Crippen molar-refractivity contribution in [3.8, 4) is 0 Å². The monoisotopic (exact) mass is 374 g/mol. The van der Waals surface area contributed by atoms with E-state index in [1.807, 2.05) is 6.07 Å². The van der Waals surface area contributed by atoms with Crippen LogP contribution in [0.2, 0.25) is 5.15 Å². The normalized spacial score (nSPS) is 25.3. The van der Waals surface area contributed by atoms with Gasteiger partial charge in [-0.25, -0.2) is 4.79 Å². The Balaban J connectivity index is 1.32. The maximum atomic E-state index is 12.3. The standard InChI is InChI=1S/C17H19ClN6O2/c18-13-3-4-14(22-21-13)19-10-12-5-7-17(8-6-12)11-24(16(25)26-17)15-2-1-9-20-23-15/h1-4,9,12H,5-8,10-11H2,(H,19,22). The van der Waals surface area contributed by atoms with Gasteiger partial charge in [-0.3, -0.25) is 4.90 Å². The molecule has 1 aliphatic heterocycles. The molecule has 9 heteroatoms. The Morgan fingerprint density at radius 3 is 2.77 bits per heavy atom. The Bertz CT molecular complexity index is 765. The molecule has 1 saturated heterocycles. The molecule has 0 radical (unpaired) electrons. The molecule has 4 rings (SSSR count). The highest BCUT2D eigenvalue weighted by Gasteiger charge is 2.48. The quantitative estimate of drug-likeness (QED) is 0.879. The number of rotatable bonds is 4. The van der Waals surface area contributed by atoms with Crippen molar-refractivity contribution >= 4 is 29.3 Å². The number of amides is 1. The van der Waals surface area contributed by atoms with E-state index in [0.29, 0.717) is 23.4 Å². The van der Waals surface area contributed by atoms with Crippen LogP contribution in [0, 0.1) is 5.92 Å². The average molecular weight is 375 g/mol. The Kier molecular flexibility index (Phi) is 4.58. The zero-order valence-corrected chi connectivity index (χ0v) is 14.9. The maximum absolute atomic E-state index is 12.3. The number of carbonyl (C=O) groups excluding carboxylic acids is 1. The summed E-state index contributed by atoms with van der Waals surface area (Å²) in [5.41, 5.74) is -0.412. The van der Waals surface area contributed by atoms with Crippen LogP contribution < -0.4 is 10.2 Å². The van der Waals surface area contributed by atoms with Crippen molar-refractivity contribution in [3.63, 3.8) is 0 Å². The molecule has 1 aliphatic carbocycles. The predicted octanol–water partition coefficient (Wildman–Crippen LogP) is 2.92. The molecule has 0 atom stereocenters. The smallest absolute Gasteiger partial charge is 0.416 e. The second kappa shape index (κ2) is 7.03. The van der Waals surface area contributed by atoms with Gasteiger partial charge in [0.2, 0.25) is 0 Å². The average Bonchev–Trinajstić information content (AvgIpc) is 2.99. The second-order valence-corrected chi connectivity index (χ2v) is 7.17. The van der Waals surface area contributed by atoms with E-state index in [2.05, 4.69) is 25.7 Å². The molecule has 3 heterocycles. The van der Waals surface area contributed by atoms with Gasteiger partial charge in [0.25, 0.3) is 0 Å². The fourth-order valence-electron chi connectivity index (χ4n) is 3.56. The van der Waals surface area contributed by atoms with Crippen LogP contribution in [-0.4, -0.2) is 45.2 Å². The summed E-state index contributed by atoms with van der Waals surface area (Å²) < 4.78 is 5.74. The number of ether oxygens (including phenoxy) is 1. The fourth-order valence-corrected chi connectivity index (χ4v) is 3.67. The minimum absolute atomic E-state index is 0.335. The lowest BCUT2D eigenvalue weighted by Crippen LogP contribution is -2.39. The van der Waals surface area contributed by atoms with Crippen molar-refractivity contribution in [2.45, 2.75) is 31.3 Å². The third-order valence-electron chi connectivity index (χ3n) is 5.03. The lowest BCUT2D eigenvalue weighted by Gasteiger charge is -2.35. The highest BCUT2D eigenvalue weighted by Crippen LogP contribution is 2.40. The van der Waals surface area contributed by atoms with Crippen molar-refractivity contribution in [1.82, 2.24) is 20.4 Å². The summed E-state index contributed by atoms with van der Waals surface area (Å²) in [5, 5.41) is 19.4. The molecule has 8 nitrogen and oxygen atoms in total. The van der Waals surface area contributed by atoms with E-state index >= 15 is 0 Å². The largest absolute Gasteiger partial charge is 0.441 e. The highest BCUT2D eigenvalue weighted by atomic mass is 35.5. The number of hydrogen-bond donors (Lipinski definition) is 1. The van der Waals surface area contributed by atoms with Gasteiger partial charge in [-0.15, -0.1) is 15.3 Å². The van der Waals surface area contributed by atoms with Gasteiger partial charge in [-0.2, -0.15) is 5.10 Å². The van der Waals surface area contributed by atoms with Crippen LogP contribution in [0.25, 0.3) is 0 Å². The van der Waals surface area contributed by atoms with Crippen molar-refractivity contribution in [2.75, 3.05) is 23.3 Å². The zero-order chi connectivity index (χ0) is 18.0. The van der Waals surface area contributed by atoms with Crippen LogP contribution in [0.15, 0.2) is 30.5 Å². The number of halogens is 1. The van der Waals surface area contributed by atoms with Crippen molar-refractivity contribution < 1.29 is 9.53 Å². The Labute approximate surface area is 155 Å². The van der Waals surface area contributed by atoms with Gasteiger partial charge >= 0.3 is 6.09 Å². The minimum Gasteiger partial charge on any atom is -0.441 e. The summed E-state index contributed by atoms with van der Waals surface area (Å²) in [7, 11) is 0. The lowest BCUT2D eigenvalue weighted by atomic mass is 9.78. The number of carbonyl (C=O) groups is 1. The molecule has 1 N–H and O–H groups in total. The molecular weight excluding hydrogens is 356 g/mol. The summed E-state index contributed by atoms with van der Waals surface area (Å²) in [6.45, 7) is 1.35. The van der Waals surface area contributed by atoms with Crippen LogP contribution >= 0.6 is 11.6 Å². The summed E-state index contributed by atoms with van der Waals surface area (Å²) in [6.07, 6.45) is 4.90. The molecular formula is C17H19ClN6O2. The molecule has 26 heavy (non-hydrogen) atoms. The Hall–Kier alpha value is -2.48. The van der Waals surface area contributed by atoms with Gasteiger partial charge in [0.05, 0.1) is 6.54 Å². The molecule has 2 fully saturated rings. The summed E-state index contributed by atoms with van der Waals surface area (Å²) in [4.78, 5) is 13.8. The first-order valence-corrected chi connectivity index (χ1v) is 9.03. The van der Waals surface area contributed by atoms with Gasteiger partial charge in [0.15, 0.2) is 11.0 Å². The number of nitrogens with one attached hydrogen (secondary N) is 1. The second-order valence-electron chi connectivity index (χ2n) is 6.78. The van der Waals surface area contributed by atoms with E-state index < -0.39 is 5.60 Å². The molecule has 1 amide bonds. The molecule has 1 saturated carbocycles. The minimum atomic E-state index is -0.412. The highest BCUT2D eigenvalue weighted by molar-refractivity contribution is 6.29. The Morgan fingerprint density at radius 1 is 1.23 bits per heavy atom. The Morgan fingerprint density at radius 2 is 2.08 bits per heavy atom.